The number of nitrogen functional groups attached to an aromatic ring is 1. The van der Waals surface area contributed by atoms with Crippen molar-refractivity contribution in [1.29, 1.82) is 5.26 Å². The van der Waals surface area contributed by atoms with Crippen molar-refractivity contribution in [2.24, 2.45) is 0 Å². The number of aromatic nitrogens is 2. The fourth-order valence-electron chi connectivity index (χ4n) is 1.60. The van der Waals surface area contributed by atoms with Gasteiger partial charge in [0.25, 0.3) is 0 Å². The Morgan fingerprint density at radius 3 is 3.06 bits per heavy atom. The maximum atomic E-state index is 8.94. The van der Waals surface area contributed by atoms with E-state index in [9.17, 15) is 0 Å². The maximum absolute atomic E-state index is 8.94. The summed E-state index contributed by atoms with van der Waals surface area (Å²) in [5, 5.41) is 8.94. The van der Waals surface area contributed by atoms with Crippen molar-refractivity contribution in [2.75, 3.05) is 12.3 Å². The van der Waals surface area contributed by atoms with Crippen LogP contribution in [0.1, 0.15) is 19.2 Å². The average molecular weight is 242 g/mol. The Morgan fingerprint density at radius 1 is 1.50 bits per heavy atom. The summed E-state index contributed by atoms with van der Waals surface area (Å²) in [4.78, 5) is 3.96. The van der Waals surface area contributed by atoms with Gasteiger partial charge < -0.3 is 10.5 Å². The molecule has 1 heterocycles. The van der Waals surface area contributed by atoms with Crippen molar-refractivity contribution in [2.45, 2.75) is 13.3 Å². The van der Waals surface area contributed by atoms with Crippen LogP contribution in [0, 0.1) is 11.3 Å². The zero-order valence-electron chi connectivity index (χ0n) is 10.1. The molecule has 0 radical (unpaired) electrons. The lowest BCUT2D eigenvalue weighted by Crippen LogP contribution is -2.02. The van der Waals surface area contributed by atoms with E-state index in [4.69, 9.17) is 15.7 Å². The van der Waals surface area contributed by atoms with Crippen LogP contribution < -0.4 is 10.5 Å². The third kappa shape index (κ3) is 2.28. The van der Waals surface area contributed by atoms with Gasteiger partial charge in [-0.1, -0.05) is 6.92 Å². The fraction of sp³-hybridized carbons (Fsp3) is 0.231. The first-order chi connectivity index (χ1) is 8.76. The third-order valence-electron chi connectivity index (χ3n) is 2.48. The lowest BCUT2D eigenvalue weighted by Gasteiger charge is -2.10. The maximum Gasteiger partial charge on any atom is 0.217 e. The molecule has 1 aromatic carbocycles. The highest BCUT2D eigenvalue weighted by atomic mass is 16.5. The predicted molar refractivity (Wildman–Crippen MR) is 68.5 cm³/mol. The Kier molecular flexibility index (Phi) is 3.49. The molecule has 0 aliphatic rings. The minimum Gasteiger partial charge on any atom is -0.491 e. The van der Waals surface area contributed by atoms with Crippen molar-refractivity contribution < 1.29 is 4.74 Å². The van der Waals surface area contributed by atoms with Crippen molar-refractivity contribution in [3.05, 3.63) is 36.4 Å². The number of benzene rings is 1. The molecule has 18 heavy (non-hydrogen) atoms. The molecule has 0 aliphatic carbocycles. The van der Waals surface area contributed by atoms with Gasteiger partial charge in [-0.3, -0.25) is 4.57 Å². The normalized spacial score (nSPS) is 10.0. The van der Waals surface area contributed by atoms with Gasteiger partial charge in [-0.15, -0.1) is 0 Å². The van der Waals surface area contributed by atoms with Crippen molar-refractivity contribution in [3.63, 3.8) is 0 Å². The number of anilines is 1. The van der Waals surface area contributed by atoms with E-state index in [0.29, 0.717) is 23.9 Å². The van der Waals surface area contributed by atoms with Crippen LogP contribution in [0.4, 0.5) is 5.69 Å². The zero-order valence-corrected chi connectivity index (χ0v) is 10.1. The highest BCUT2D eigenvalue weighted by Gasteiger charge is 2.07. The third-order valence-corrected chi connectivity index (χ3v) is 2.48. The Labute approximate surface area is 105 Å². The summed E-state index contributed by atoms with van der Waals surface area (Å²) in [6.45, 7) is 2.65. The number of imidazole rings is 1. The number of hydrogen-bond donors (Lipinski definition) is 1. The van der Waals surface area contributed by atoms with Crippen LogP contribution in [-0.4, -0.2) is 16.2 Å². The zero-order chi connectivity index (χ0) is 13.0. The largest absolute Gasteiger partial charge is 0.491 e. The second-order valence-electron chi connectivity index (χ2n) is 3.80. The van der Waals surface area contributed by atoms with Gasteiger partial charge in [-0.25, -0.2) is 4.98 Å². The fourth-order valence-corrected chi connectivity index (χ4v) is 1.60. The first-order valence-electron chi connectivity index (χ1n) is 5.72. The monoisotopic (exact) mass is 242 g/mol. The number of rotatable bonds is 4. The molecule has 0 fully saturated rings. The molecule has 0 atom stereocenters. The molecule has 0 aliphatic heterocycles. The molecule has 5 heteroatoms. The summed E-state index contributed by atoms with van der Waals surface area (Å²) in [5.41, 5.74) is 7.24. The Hall–Kier alpha value is -2.48. The summed E-state index contributed by atoms with van der Waals surface area (Å²) < 4.78 is 7.25. The number of nitriles is 1. The second-order valence-corrected chi connectivity index (χ2v) is 3.80. The first kappa shape index (κ1) is 12.0. The molecule has 2 rings (SSSR count). The lowest BCUT2D eigenvalue weighted by atomic mass is 10.2. The smallest absolute Gasteiger partial charge is 0.217 e. The van der Waals surface area contributed by atoms with Gasteiger partial charge in [0.1, 0.15) is 11.8 Å². The Morgan fingerprint density at radius 2 is 2.33 bits per heavy atom. The molecule has 0 saturated carbocycles. The molecule has 0 amide bonds. The van der Waals surface area contributed by atoms with Gasteiger partial charge in [-0.2, -0.15) is 5.26 Å². The highest BCUT2D eigenvalue weighted by Crippen LogP contribution is 2.25. The van der Waals surface area contributed by atoms with E-state index in [0.717, 1.165) is 12.1 Å². The van der Waals surface area contributed by atoms with Crippen LogP contribution >= 0.6 is 0 Å². The van der Waals surface area contributed by atoms with E-state index >= 15 is 0 Å². The average Bonchev–Trinajstić information content (AvgIpc) is 2.86. The molecule has 1 aromatic heterocycles. The summed E-state index contributed by atoms with van der Waals surface area (Å²) in [5.74, 6) is 0.966. The molecule has 5 nitrogen and oxygen atoms in total. The molecule has 2 N–H and O–H groups in total. The van der Waals surface area contributed by atoms with E-state index < -0.39 is 0 Å². The quantitative estimate of drug-likeness (QED) is 0.833. The second kappa shape index (κ2) is 5.23. The Balaban J connectivity index is 2.38. The molecule has 0 unspecified atom stereocenters. The minimum atomic E-state index is 0.334. The van der Waals surface area contributed by atoms with E-state index in [-0.39, 0.29) is 0 Å². The Bertz CT molecular complexity index is 583. The highest BCUT2D eigenvalue weighted by molar-refractivity contribution is 5.58. The summed E-state index contributed by atoms with van der Waals surface area (Å²) in [6, 6.07) is 7.44. The van der Waals surface area contributed by atoms with Crippen molar-refractivity contribution >= 4 is 5.69 Å². The van der Waals surface area contributed by atoms with Gasteiger partial charge in [0.2, 0.25) is 5.82 Å². The van der Waals surface area contributed by atoms with Crippen LogP contribution in [-0.2, 0) is 0 Å². The lowest BCUT2D eigenvalue weighted by molar-refractivity contribution is 0.319. The van der Waals surface area contributed by atoms with Crippen LogP contribution in [0.2, 0.25) is 0 Å². The van der Waals surface area contributed by atoms with Gasteiger partial charge >= 0.3 is 0 Å². The number of nitrogens with two attached hydrogens (primary N) is 1. The van der Waals surface area contributed by atoms with Crippen LogP contribution in [0.3, 0.4) is 0 Å². The van der Waals surface area contributed by atoms with Crippen LogP contribution in [0.25, 0.3) is 5.69 Å². The molecule has 92 valence electrons. The SMILES string of the molecule is CCCOc1cc(-n2ccnc2C#N)ccc1N. The van der Waals surface area contributed by atoms with E-state index in [1.165, 1.54) is 0 Å². The molecule has 0 bridgehead atoms. The molecule has 0 saturated heterocycles. The van der Waals surface area contributed by atoms with Crippen LogP contribution in [0.15, 0.2) is 30.6 Å². The van der Waals surface area contributed by atoms with Crippen LogP contribution in [0.5, 0.6) is 5.75 Å². The number of hydrogen-bond acceptors (Lipinski definition) is 4. The summed E-state index contributed by atoms with van der Waals surface area (Å²) >= 11 is 0. The van der Waals surface area contributed by atoms with Crippen molar-refractivity contribution in [3.8, 4) is 17.5 Å². The van der Waals surface area contributed by atoms with E-state index in [1.54, 1.807) is 23.0 Å². The number of ether oxygens (including phenoxy) is 1. The number of nitrogens with zero attached hydrogens (tertiary/aromatic N) is 3. The predicted octanol–water partition coefficient (Wildman–Crippen LogP) is 2.11. The van der Waals surface area contributed by atoms with E-state index in [1.807, 2.05) is 25.1 Å². The summed E-state index contributed by atoms with van der Waals surface area (Å²) in [6.07, 6.45) is 4.23. The molecular weight excluding hydrogens is 228 g/mol. The topological polar surface area (TPSA) is 76.9 Å². The molecule has 2 aromatic rings. The molecule has 0 spiro atoms. The minimum absolute atomic E-state index is 0.334. The van der Waals surface area contributed by atoms with Gasteiger partial charge in [0.15, 0.2) is 0 Å². The summed E-state index contributed by atoms with van der Waals surface area (Å²) in [7, 11) is 0. The standard InChI is InChI=1S/C13H14N4O/c1-2-7-18-12-8-10(3-4-11(12)15)17-6-5-16-13(17)9-14/h3-6,8H,2,7,15H2,1H3. The molecular formula is C13H14N4O. The first-order valence-corrected chi connectivity index (χ1v) is 5.72. The van der Waals surface area contributed by atoms with Crippen molar-refractivity contribution in [1.82, 2.24) is 9.55 Å². The van der Waals surface area contributed by atoms with Gasteiger partial charge in [0, 0.05) is 18.5 Å². The van der Waals surface area contributed by atoms with E-state index in [2.05, 4.69) is 4.98 Å². The van der Waals surface area contributed by atoms with Gasteiger partial charge in [0.05, 0.1) is 18.0 Å². The van der Waals surface area contributed by atoms with Gasteiger partial charge in [-0.05, 0) is 18.6 Å².